The second-order valence-corrected chi connectivity index (χ2v) is 7.10. The van der Waals surface area contributed by atoms with E-state index in [1.54, 1.807) is 0 Å². The van der Waals surface area contributed by atoms with Crippen molar-refractivity contribution < 1.29 is 0 Å². The van der Waals surface area contributed by atoms with Crippen LogP contribution in [-0.2, 0) is 0 Å². The molecule has 0 aliphatic carbocycles. The molecule has 3 aromatic rings. The Balaban J connectivity index is 1.40. The van der Waals surface area contributed by atoms with Crippen molar-refractivity contribution in [2.75, 3.05) is 43.6 Å². The van der Waals surface area contributed by atoms with E-state index in [4.69, 9.17) is 0 Å². The van der Waals surface area contributed by atoms with Crippen molar-refractivity contribution in [3.63, 3.8) is 0 Å². The van der Waals surface area contributed by atoms with Crippen molar-refractivity contribution in [3.8, 4) is 6.07 Å². The topological polar surface area (TPSA) is 67.2 Å². The number of benzene rings is 2. The zero-order chi connectivity index (χ0) is 19.3. The van der Waals surface area contributed by atoms with Crippen molar-refractivity contribution in [2.45, 2.75) is 6.04 Å². The predicted octanol–water partition coefficient (Wildman–Crippen LogP) is 3.17. The number of hydrogen-bond acceptors (Lipinski definition) is 6. The van der Waals surface area contributed by atoms with Crippen LogP contribution in [-0.4, -0.2) is 43.1 Å². The van der Waals surface area contributed by atoms with Crippen molar-refractivity contribution in [2.24, 2.45) is 0 Å². The summed E-state index contributed by atoms with van der Waals surface area (Å²) in [6, 6.07) is 21.8. The van der Waals surface area contributed by atoms with E-state index in [0.717, 1.165) is 42.8 Å². The molecule has 1 aromatic heterocycles. The molecule has 1 unspecified atom stereocenters. The molecule has 28 heavy (non-hydrogen) atoms. The lowest BCUT2D eigenvalue weighted by Crippen LogP contribution is -2.44. The molecular formula is C22H24N6. The third-order valence-electron chi connectivity index (χ3n) is 5.14. The van der Waals surface area contributed by atoms with Crippen LogP contribution in [0.2, 0.25) is 0 Å². The smallest absolute Gasteiger partial charge is 0.154 e. The van der Waals surface area contributed by atoms with Gasteiger partial charge in [-0.25, -0.2) is 10.4 Å². The van der Waals surface area contributed by atoms with Gasteiger partial charge in [-0.1, -0.05) is 24.3 Å². The van der Waals surface area contributed by atoms with Gasteiger partial charge in [-0.2, -0.15) is 5.26 Å². The van der Waals surface area contributed by atoms with Gasteiger partial charge in [0.1, 0.15) is 0 Å². The molecule has 6 heteroatoms. The molecule has 1 saturated heterocycles. The van der Waals surface area contributed by atoms with E-state index < -0.39 is 6.04 Å². The first kappa shape index (κ1) is 18.2. The normalized spacial score (nSPS) is 15.9. The lowest BCUT2D eigenvalue weighted by atomic mass is 10.1. The Morgan fingerprint density at radius 2 is 1.71 bits per heavy atom. The largest absolute Gasteiger partial charge is 0.369 e. The fraction of sp³-hybridized carbons (Fsp3) is 0.273. The van der Waals surface area contributed by atoms with Gasteiger partial charge in [0.25, 0.3) is 0 Å². The van der Waals surface area contributed by atoms with E-state index in [1.165, 1.54) is 5.69 Å². The van der Waals surface area contributed by atoms with Crippen LogP contribution in [0.25, 0.3) is 10.9 Å². The molecule has 1 fully saturated rings. The molecule has 0 saturated carbocycles. The van der Waals surface area contributed by atoms with E-state index in [1.807, 2.05) is 48.5 Å². The second-order valence-electron chi connectivity index (χ2n) is 7.10. The van der Waals surface area contributed by atoms with E-state index in [9.17, 15) is 5.26 Å². The maximum atomic E-state index is 9.56. The van der Waals surface area contributed by atoms with Gasteiger partial charge in [0.05, 0.1) is 17.3 Å². The summed E-state index contributed by atoms with van der Waals surface area (Å²) < 4.78 is 0. The third-order valence-corrected chi connectivity index (χ3v) is 5.14. The standard InChI is InChI=1S/C22H24N6/c1-27-12-14-28(15-13-27)19-9-7-18(8-10-19)25-26-22(16-23)21-11-6-17-4-2-3-5-20(17)24-21/h2-11,22,25-26H,12-15H2,1H3. The first-order valence-electron chi connectivity index (χ1n) is 9.53. The average Bonchev–Trinajstić information content (AvgIpc) is 2.75. The summed E-state index contributed by atoms with van der Waals surface area (Å²) in [5.41, 5.74) is 9.95. The summed E-state index contributed by atoms with van der Waals surface area (Å²) in [5, 5.41) is 10.6. The number of para-hydroxylation sites is 1. The molecule has 1 aliphatic rings. The molecule has 142 valence electrons. The first-order valence-corrected chi connectivity index (χ1v) is 9.53. The highest BCUT2D eigenvalue weighted by Crippen LogP contribution is 2.20. The molecule has 0 amide bonds. The molecule has 1 aliphatic heterocycles. The van der Waals surface area contributed by atoms with Crippen molar-refractivity contribution >= 4 is 22.3 Å². The van der Waals surface area contributed by atoms with E-state index in [0.29, 0.717) is 5.69 Å². The predicted molar refractivity (Wildman–Crippen MR) is 113 cm³/mol. The number of nitrogens with zero attached hydrogens (tertiary/aromatic N) is 4. The number of hydrazine groups is 1. The van der Waals surface area contributed by atoms with Crippen LogP contribution in [0.1, 0.15) is 11.7 Å². The number of nitrogens with one attached hydrogen (secondary N) is 2. The Kier molecular flexibility index (Phi) is 5.38. The molecule has 2 heterocycles. The lowest BCUT2D eigenvalue weighted by Gasteiger charge is -2.34. The van der Waals surface area contributed by atoms with Crippen LogP contribution in [0.3, 0.4) is 0 Å². The number of likely N-dealkylation sites (N-methyl/N-ethyl adjacent to an activating group) is 1. The maximum absolute atomic E-state index is 9.56. The Bertz CT molecular complexity index is 970. The van der Waals surface area contributed by atoms with Crippen LogP contribution >= 0.6 is 0 Å². The number of aromatic nitrogens is 1. The minimum Gasteiger partial charge on any atom is -0.369 e. The van der Waals surface area contributed by atoms with E-state index in [-0.39, 0.29) is 0 Å². The molecule has 0 radical (unpaired) electrons. The summed E-state index contributed by atoms with van der Waals surface area (Å²) in [6.07, 6.45) is 0. The fourth-order valence-electron chi connectivity index (χ4n) is 3.39. The van der Waals surface area contributed by atoms with Gasteiger partial charge >= 0.3 is 0 Å². The summed E-state index contributed by atoms with van der Waals surface area (Å²) in [6.45, 7) is 4.27. The third kappa shape index (κ3) is 4.06. The van der Waals surface area contributed by atoms with Crippen LogP contribution in [0.15, 0.2) is 60.7 Å². The Labute approximate surface area is 165 Å². The Morgan fingerprint density at radius 1 is 0.964 bits per heavy atom. The second kappa shape index (κ2) is 8.26. The van der Waals surface area contributed by atoms with Gasteiger partial charge in [0, 0.05) is 42.9 Å². The highest BCUT2D eigenvalue weighted by molar-refractivity contribution is 5.78. The lowest BCUT2D eigenvalue weighted by molar-refractivity contribution is 0.313. The number of rotatable bonds is 5. The molecule has 0 spiro atoms. The van der Waals surface area contributed by atoms with Crippen molar-refractivity contribution in [1.82, 2.24) is 15.3 Å². The highest BCUT2D eigenvalue weighted by atomic mass is 15.4. The molecule has 4 rings (SSSR count). The number of pyridine rings is 1. The molecule has 2 N–H and O–H groups in total. The van der Waals surface area contributed by atoms with Gasteiger partial charge in [-0.15, -0.1) is 0 Å². The number of hydrogen-bond donors (Lipinski definition) is 2. The highest BCUT2D eigenvalue weighted by Gasteiger charge is 2.15. The van der Waals surface area contributed by atoms with E-state index >= 15 is 0 Å². The van der Waals surface area contributed by atoms with Crippen molar-refractivity contribution in [1.29, 1.82) is 5.26 Å². The van der Waals surface area contributed by atoms with Gasteiger partial charge in [0.15, 0.2) is 6.04 Å². The number of piperazine rings is 1. The fourth-order valence-corrected chi connectivity index (χ4v) is 3.39. The SMILES string of the molecule is CN1CCN(c2ccc(NNC(C#N)c3ccc4ccccc4n3)cc2)CC1. The van der Waals surface area contributed by atoms with E-state index in [2.05, 4.69) is 50.9 Å². The summed E-state index contributed by atoms with van der Waals surface area (Å²) >= 11 is 0. The monoisotopic (exact) mass is 372 g/mol. The summed E-state index contributed by atoms with van der Waals surface area (Å²) in [7, 11) is 2.16. The van der Waals surface area contributed by atoms with Gasteiger partial charge < -0.3 is 15.2 Å². The number of nitriles is 1. The molecule has 6 nitrogen and oxygen atoms in total. The zero-order valence-electron chi connectivity index (χ0n) is 16.0. The quantitative estimate of drug-likeness (QED) is 0.671. The molecule has 1 atom stereocenters. The first-order chi connectivity index (χ1) is 13.7. The summed E-state index contributed by atoms with van der Waals surface area (Å²) in [4.78, 5) is 9.35. The number of anilines is 2. The average molecular weight is 372 g/mol. The zero-order valence-corrected chi connectivity index (χ0v) is 16.0. The van der Waals surface area contributed by atoms with Gasteiger partial charge in [0.2, 0.25) is 0 Å². The maximum Gasteiger partial charge on any atom is 0.154 e. The van der Waals surface area contributed by atoms with Crippen LogP contribution in [0.4, 0.5) is 11.4 Å². The Morgan fingerprint density at radius 3 is 2.46 bits per heavy atom. The molecular weight excluding hydrogens is 348 g/mol. The van der Waals surface area contributed by atoms with Gasteiger partial charge in [-0.3, -0.25) is 0 Å². The van der Waals surface area contributed by atoms with Gasteiger partial charge in [-0.05, 0) is 43.4 Å². The minimum atomic E-state index is -0.540. The minimum absolute atomic E-state index is 0.540. The Hall–Kier alpha value is -3.14. The molecule has 0 bridgehead atoms. The molecule has 2 aromatic carbocycles. The van der Waals surface area contributed by atoms with Crippen molar-refractivity contribution in [3.05, 3.63) is 66.4 Å². The van der Waals surface area contributed by atoms with Crippen LogP contribution in [0, 0.1) is 11.3 Å². The summed E-state index contributed by atoms with van der Waals surface area (Å²) in [5.74, 6) is 0. The van der Waals surface area contributed by atoms with Crippen LogP contribution < -0.4 is 15.8 Å². The van der Waals surface area contributed by atoms with Crippen LogP contribution in [0.5, 0.6) is 0 Å². The number of fused-ring (bicyclic) bond motifs is 1.